The second-order valence-corrected chi connectivity index (χ2v) is 7.49. The van der Waals surface area contributed by atoms with Crippen LogP contribution in [0.15, 0.2) is 36.5 Å². The van der Waals surface area contributed by atoms with Gasteiger partial charge < -0.3 is 15.8 Å². The number of benzene rings is 1. The van der Waals surface area contributed by atoms with Crippen molar-refractivity contribution in [2.75, 3.05) is 11.1 Å². The number of hydrogen-bond donors (Lipinski definition) is 2. The molecule has 0 spiro atoms. The smallest absolute Gasteiger partial charge is 0.230 e. The summed E-state index contributed by atoms with van der Waals surface area (Å²) in [4.78, 5) is 17.0. The Bertz CT molecular complexity index is 832. The number of aromatic nitrogens is 1. The fourth-order valence-electron chi connectivity index (χ4n) is 3.93. The van der Waals surface area contributed by atoms with Gasteiger partial charge in [0.1, 0.15) is 5.82 Å². The highest BCUT2D eigenvalue weighted by Crippen LogP contribution is 2.49. The molecule has 2 bridgehead atoms. The topological polar surface area (TPSA) is 77.2 Å². The molecule has 2 fully saturated rings. The van der Waals surface area contributed by atoms with Crippen molar-refractivity contribution >= 4 is 44.4 Å². The van der Waals surface area contributed by atoms with Gasteiger partial charge in [-0.3, -0.25) is 4.79 Å². The van der Waals surface area contributed by atoms with E-state index in [0.717, 1.165) is 23.6 Å². The standard InChI is InChI=1S/C18H17ClN3O2Si/c19-11-8-10(1-4-14(11)25)22-18(23)17-13-3-2-12(24-13)16(17)9-5-6-21-15(20)7-9/h1,4-8,12-13,16-17H,2-3H2,(H2,20,21)(H,22,23)/t12-,13+,16-,17+/m0/s1. The van der Waals surface area contributed by atoms with E-state index in [1.807, 2.05) is 24.3 Å². The Morgan fingerprint density at radius 3 is 2.84 bits per heavy atom. The van der Waals surface area contributed by atoms with Crippen LogP contribution in [0.4, 0.5) is 11.5 Å². The molecule has 1 aromatic heterocycles. The number of nitrogen functional groups attached to an aromatic ring is 1. The summed E-state index contributed by atoms with van der Waals surface area (Å²) in [5.74, 6) is 0.154. The Morgan fingerprint density at radius 2 is 2.08 bits per heavy atom. The number of ether oxygens (including phenoxy) is 1. The number of nitrogens with two attached hydrogens (primary N) is 1. The summed E-state index contributed by atoms with van der Waals surface area (Å²) in [7, 11) is 3.41. The van der Waals surface area contributed by atoms with E-state index >= 15 is 0 Å². The second kappa shape index (κ2) is 6.44. The van der Waals surface area contributed by atoms with Crippen molar-refractivity contribution < 1.29 is 9.53 Å². The van der Waals surface area contributed by atoms with Crippen molar-refractivity contribution in [1.82, 2.24) is 4.98 Å². The van der Waals surface area contributed by atoms with Crippen molar-refractivity contribution in [1.29, 1.82) is 0 Å². The molecule has 3 heterocycles. The first kappa shape index (κ1) is 16.6. The molecule has 4 atom stereocenters. The number of nitrogens with one attached hydrogen (secondary N) is 1. The van der Waals surface area contributed by atoms with Crippen LogP contribution in [0, 0.1) is 5.92 Å². The van der Waals surface area contributed by atoms with Gasteiger partial charge in [-0.15, -0.1) is 0 Å². The first-order valence-electron chi connectivity index (χ1n) is 8.22. The van der Waals surface area contributed by atoms with Crippen molar-refractivity contribution in [3.63, 3.8) is 0 Å². The lowest BCUT2D eigenvalue weighted by Crippen LogP contribution is -2.36. The molecule has 3 N–H and O–H groups in total. The minimum Gasteiger partial charge on any atom is -0.384 e. The van der Waals surface area contributed by atoms with Crippen LogP contribution in [0.3, 0.4) is 0 Å². The number of carbonyl (C=O) groups is 1. The molecule has 4 rings (SSSR count). The third-order valence-electron chi connectivity index (χ3n) is 5.00. The lowest BCUT2D eigenvalue weighted by atomic mass is 9.75. The van der Waals surface area contributed by atoms with Crippen LogP contribution >= 0.6 is 11.6 Å². The van der Waals surface area contributed by atoms with Crippen molar-refractivity contribution in [3.8, 4) is 0 Å². The molecule has 25 heavy (non-hydrogen) atoms. The maximum Gasteiger partial charge on any atom is 0.230 e. The van der Waals surface area contributed by atoms with Gasteiger partial charge in [0, 0.05) is 22.8 Å². The molecular formula is C18H17ClN3O2Si. The number of halogens is 1. The molecule has 5 nitrogen and oxygen atoms in total. The Morgan fingerprint density at radius 1 is 1.28 bits per heavy atom. The van der Waals surface area contributed by atoms with E-state index in [9.17, 15) is 4.79 Å². The van der Waals surface area contributed by atoms with Crippen LogP contribution < -0.4 is 16.2 Å². The van der Waals surface area contributed by atoms with E-state index in [1.54, 1.807) is 12.3 Å². The number of nitrogens with zero attached hydrogens (tertiary/aromatic N) is 1. The third kappa shape index (κ3) is 3.05. The van der Waals surface area contributed by atoms with Gasteiger partial charge >= 0.3 is 0 Å². The number of fused-ring (bicyclic) bond motifs is 2. The molecule has 7 heteroatoms. The Balaban J connectivity index is 1.60. The molecule has 1 amide bonds. The summed E-state index contributed by atoms with van der Waals surface area (Å²) >= 11 is 6.12. The minimum absolute atomic E-state index is 0.00500. The zero-order valence-electron chi connectivity index (χ0n) is 13.4. The zero-order chi connectivity index (χ0) is 17.6. The highest BCUT2D eigenvalue weighted by atomic mass is 35.5. The van der Waals surface area contributed by atoms with E-state index in [4.69, 9.17) is 22.1 Å². The van der Waals surface area contributed by atoms with Crippen molar-refractivity contribution in [3.05, 3.63) is 47.1 Å². The summed E-state index contributed by atoms with van der Waals surface area (Å²) in [6.07, 6.45) is 3.54. The van der Waals surface area contributed by atoms with E-state index in [-0.39, 0.29) is 30.0 Å². The van der Waals surface area contributed by atoms with Gasteiger partial charge in [0.05, 0.1) is 28.4 Å². The van der Waals surface area contributed by atoms with Crippen LogP contribution in [0.2, 0.25) is 5.02 Å². The zero-order valence-corrected chi connectivity index (χ0v) is 15.2. The molecule has 3 radical (unpaired) electrons. The number of pyridine rings is 1. The first-order valence-corrected chi connectivity index (χ1v) is 9.09. The predicted molar refractivity (Wildman–Crippen MR) is 98.2 cm³/mol. The average Bonchev–Trinajstić information content (AvgIpc) is 3.19. The molecule has 2 aliphatic rings. The van der Waals surface area contributed by atoms with Crippen LogP contribution in [0.1, 0.15) is 24.3 Å². The SMILES string of the molecule is Nc1cc([C@@H]2[C@H](C(=O)Nc3ccc([Si])c(Cl)c3)[C@H]3CC[C@@H]2O3)ccn1. The van der Waals surface area contributed by atoms with Crippen molar-refractivity contribution in [2.45, 2.75) is 31.0 Å². The van der Waals surface area contributed by atoms with Gasteiger partial charge in [0.15, 0.2) is 0 Å². The molecule has 0 aliphatic carbocycles. The first-order chi connectivity index (χ1) is 12.0. The largest absolute Gasteiger partial charge is 0.384 e. The summed E-state index contributed by atoms with van der Waals surface area (Å²) in [5.41, 5.74) is 7.51. The van der Waals surface area contributed by atoms with Gasteiger partial charge in [-0.1, -0.05) is 17.7 Å². The molecule has 1 aromatic carbocycles. The number of rotatable bonds is 3. The van der Waals surface area contributed by atoms with Gasteiger partial charge in [-0.25, -0.2) is 4.98 Å². The number of anilines is 2. The highest BCUT2D eigenvalue weighted by molar-refractivity contribution is 6.45. The quantitative estimate of drug-likeness (QED) is 0.810. The Kier molecular flexibility index (Phi) is 4.27. The van der Waals surface area contributed by atoms with Crippen LogP contribution in [0.25, 0.3) is 0 Å². The maximum absolute atomic E-state index is 13.0. The lowest BCUT2D eigenvalue weighted by Gasteiger charge is -2.27. The van der Waals surface area contributed by atoms with E-state index in [1.165, 1.54) is 0 Å². The van der Waals surface area contributed by atoms with Gasteiger partial charge in [-0.2, -0.15) is 0 Å². The average molecular weight is 371 g/mol. The molecular weight excluding hydrogens is 354 g/mol. The third-order valence-corrected chi connectivity index (χ3v) is 5.91. The van der Waals surface area contributed by atoms with Gasteiger partial charge in [-0.05, 0) is 47.9 Å². The van der Waals surface area contributed by atoms with E-state index in [2.05, 4.69) is 20.5 Å². The summed E-state index contributed by atoms with van der Waals surface area (Å²) in [6.45, 7) is 0. The lowest BCUT2D eigenvalue weighted by molar-refractivity contribution is -0.121. The maximum atomic E-state index is 13.0. The number of amides is 1. The van der Waals surface area contributed by atoms with Crippen LogP contribution in [0.5, 0.6) is 0 Å². The summed E-state index contributed by atoms with van der Waals surface area (Å²) < 4.78 is 6.04. The molecule has 0 unspecified atom stereocenters. The fraction of sp³-hybridized carbons (Fsp3) is 0.333. The van der Waals surface area contributed by atoms with Crippen LogP contribution in [-0.2, 0) is 9.53 Å². The van der Waals surface area contributed by atoms with E-state index in [0.29, 0.717) is 16.5 Å². The monoisotopic (exact) mass is 370 g/mol. The molecule has 2 aromatic rings. The Hall–Kier alpha value is -1.89. The van der Waals surface area contributed by atoms with Gasteiger partial charge in [0.2, 0.25) is 5.91 Å². The molecule has 2 saturated heterocycles. The number of hydrogen-bond acceptors (Lipinski definition) is 4. The minimum atomic E-state index is -0.248. The molecule has 127 valence electrons. The van der Waals surface area contributed by atoms with E-state index < -0.39 is 0 Å². The molecule has 2 aliphatic heterocycles. The van der Waals surface area contributed by atoms with Crippen LogP contribution in [-0.4, -0.2) is 33.3 Å². The highest BCUT2D eigenvalue weighted by Gasteiger charge is 2.52. The second-order valence-electron chi connectivity index (χ2n) is 6.54. The summed E-state index contributed by atoms with van der Waals surface area (Å²) in [5, 5.41) is 4.32. The summed E-state index contributed by atoms with van der Waals surface area (Å²) in [6, 6.07) is 9.12. The fourth-order valence-corrected chi connectivity index (χ4v) is 4.26. The number of carbonyl (C=O) groups excluding carboxylic acids is 1. The van der Waals surface area contributed by atoms with Crippen molar-refractivity contribution in [2.24, 2.45) is 5.92 Å². The normalized spacial score (nSPS) is 27.4. The predicted octanol–water partition coefficient (Wildman–Crippen LogP) is 2.01. The van der Waals surface area contributed by atoms with Gasteiger partial charge in [0.25, 0.3) is 0 Å². The Labute approximate surface area is 154 Å². The molecule has 0 saturated carbocycles.